The third-order valence-electron chi connectivity index (χ3n) is 12.1. The molecule has 0 saturated carbocycles. The molecule has 9 N–H and O–H groups in total. The molecule has 14 heteroatoms. The monoisotopic (exact) mass is 850 g/mol. The topological polar surface area (TPSA) is 228 Å². The van der Waals surface area contributed by atoms with Gasteiger partial charge in [-0.1, -0.05) is 168 Å². The van der Waals surface area contributed by atoms with Crippen molar-refractivity contribution in [2.45, 2.75) is 261 Å². The Balaban J connectivity index is 1.81. The summed E-state index contributed by atoms with van der Waals surface area (Å²) in [5.41, 5.74) is 0. The highest BCUT2D eigenvalue weighted by atomic mass is 16.7. The van der Waals surface area contributed by atoms with Crippen LogP contribution in [0.2, 0.25) is 0 Å². The van der Waals surface area contributed by atoms with E-state index in [-0.39, 0.29) is 12.5 Å². The van der Waals surface area contributed by atoms with Crippen LogP contribution in [0, 0.1) is 0 Å². The summed E-state index contributed by atoms with van der Waals surface area (Å²) < 4.78 is 22.7. The fourth-order valence-corrected chi connectivity index (χ4v) is 8.12. The van der Waals surface area contributed by atoms with Crippen molar-refractivity contribution < 1.29 is 64.6 Å². The number of aliphatic hydroxyl groups excluding tert-OH is 8. The van der Waals surface area contributed by atoms with Crippen molar-refractivity contribution >= 4 is 5.91 Å². The molecule has 12 unspecified atom stereocenters. The molecule has 2 saturated heterocycles. The molecule has 0 aromatic rings. The van der Waals surface area contributed by atoms with Crippen LogP contribution in [-0.2, 0) is 23.7 Å². The van der Waals surface area contributed by atoms with E-state index in [1.54, 1.807) is 0 Å². The van der Waals surface area contributed by atoms with E-state index in [2.05, 4.69) is 19.2 Å². The number of ether oxygens (including phenoxy) is 4. The third kappa shape index (κ3) is 21.8. The number of aliphatic hydroxyl groups is 8. The SMILES string of the molecule is CCCCCCCCCCCCCCCCCCCC(=O)NC(COC1OC(CO)C(OC2OC(CO)C(O)C(O)C2O)C(O)C1O)C(O)CCCCCCCCCC. The number of hydrogen-bond donors (Lipinski definition) is 9. The van der Waals surface area contributed by atoms with Gasteiger partial charge in [0, 0.05) is 6.42 Å². The molecule has 2 rings (SSSR count). The number of carbonyl (C=O) groups is 1. The smallest absolute Gasteiger partial charge is 0.220 e. The van der Waals surface area contributed by atoms with Crippen molar-refractivity contribution in [3.05, 3.63) is 0 Å². The van der Waals surface area contributed by atoms with Crippen LogP contribution >= 0.6 is 0 Å². The first-order chi connectivity index (χ1) is 28.6. The normalized spacial score (nSPS) is 28.4. The van der Waals surface area contributed by atoms with Crippen molar-refractivity contribution in [2.75, 3.05) is 19.8 Å². The first kappa shape index (κ1) is 54.1. The molecule has 0 aromatic carbocycles. The van der Waals surface area contributed by atoms with E-state index in [9.17, 15) is 45.6 Å². The van der Waals surface area contributed by atoms with Crippen molar-refractivity contribution in [3.8, 4) is 0 Å². The van der Waals surface area contributed by atoms with Gasteiger partial charge in [-0.15, -0.1) is 0 Å². The predicted octanol–water partition coefficient (Wildman–Crippen LogP) is 5.05. The van der Waals surface area contributed by atoms with Gasteiger partial charge < -0.3 is 65.1 Å². The van der Waals surface area contributed by atoms with Gasteiger partial charge in [-0.25, -0.2) is 0 Å². The second kappa shape index (κ2) is 33.5. The Bertz CT molecular complexity index is 1010. The Morgan fingerprint density at radius 3 is 1.44 bits per heavy atom. The second-order valence-corrected chi connectivity index (χ2v) is 17.2. The lowest BCUT2D eigenvalue weighted by atomic mass is 9.97. The molecular weight excluding hydrogens is 762 g/mol. The Morgan fingerprint density at radius 1 is 0.542 bits per heavy atom. The Morgan fingerprint density at radius 2 is 0.966 bits per heavy atom. The molecule has 0 spiro atoms. The molecular formula is C45H87NO13. The fourth-order valence-electron chi connectivity index (χ4n) is 8.12. The van der Waals surface area contributed by atoms with Gasteiger partial charge in [0.05, 0.1) is 32.0 Å². The van der Waals surface area contributed by atoms with Gasteiger partial charge in [0.25, 0.3) is 0 Å². The van der Waals surface area contributed by atoms with Crippen LogP contribution < -0.4 is 5.32 Å². The predicted molar refractivity (Wildman–Crippen MR) is 226 cm³/mol. The number of carbonyl (C=O) groups excluding carboxylic acids is 1. The van der Waals surface area contributed by atoms with Gasteiger partial charge in [0.15, 0.2) is 12.6 Å². The minimum Gasteiger partial charge on any atom is -0.394 e. The standard InChI is InChI=1S/C45H87NO13/c1-3-5-7-9-11-13-14-15-16-17-18-19-20-21-23-25-27-29-37(50)46-33(34(49)28-26-24-22-12-10-8-6-4-2)32-56-44-42(55)40(53)43(36(31-48)58-44)59-45-41(54)39(52)38(51)35(30-47)57-45/h33-36,38-45,47-49,51-55H,3-32H2,1-2H3,(H,46,50). The Kier molecular flexibility index (Phi) is 30.8. The fraction of sp³-hybridized carbons (Fsp3) is 0.978. The van der Waals surface area contributed by atoms with Crippen molar-refractivity contribution in [3.63, 3.8) is 0 Å². The van der Waals surface area contributed by atoms with Crippen molar-refractivity contribution in [2.24, 2.45) is 0 Å². The van der Waals surface area contributed by atoms with Crippen LogP contribution in [0.4, 0.5) is 0 Å². The zero-order valence-electron chi connectivity index (χ0n) is 36.8. The molecule has 2 aliphatic rings. The van der Waals surface area contributed by atoms with Gasteiger partial charge in [0.1, 0.15) is 48.8 Å². The molecule has 0 aromatic heterocycles. The lowest BCUT2D eigenvalue weighted by molar-refractivity contribution is -0.359. The van der Waals surface area contributed by atoms with E-state index in [0.29, 0.717) is 12.8 Å². The van der Waals surface area contributed by atoms with Crippen LogP contribution in [0.5, 0.6) is 0 Å². The maximum atomic E-state index is 13.1. The number of unbranched alkanes of at least 4 members (excludes halogenated alkanes) is 23. The van der Waals surface area contributed by atoms with Gasteiger partial charge in [-0.3, -0.25) is 4.79 Å². The first-order valence-electron chi connectivity index (χ1n) is 23.8. The summed E-state index contributed by atoms with van der Waals surface area (Å²) in [4.78, 5) is 13.1. The Hall–Kier alpha value is -1.01. The molecule has 14 nitrogen and oxygen atoms in total. The number of amides is 1. The number of hydrogen-bond acceptors (Lipinski definition) is 13. The van der Waals surface area contributed by atoms with Crippen molar-refractivity contribution in [1.82, 2.24) is 5.32 Å². The summed E-state index contributed by atoms with van der Waals surface area (Å²) in [6, 6.07) is -0.818. The summed E-state index contributed by atoms with van der Waals surface area (Å²) in [6.07, 6.45) is 14.2. The second-order valence-electron chi connectivity index (χ2n) is 17.2. The first-order valence-corrected chi connectivity index (χ1v) is 23.8. The molecule has 2 fully saturated rings. The zero-order chi connectivity index (χ0) is 43.3. The minimum atomic E-state index is -1.78. The van der Waals surface area contributed by atoms with Crippen LogP contribution in [0.3, 0.4) is 0 Å². The minimum absolute atomic E-state index is 0.207. The highest BCUT2D eigenvalue weighted by Crippen LogP contribution is 2.30. The van der Waals surface area contributed by atoms with Gasteiger partial charge in [-0.05, 0) is 12.8 Å². The van der Waals surface area contributed by atoms with E-state index in [1.807, 2.05) is 0 Å². The van der Waals surface area contributed by atoms with E-state index < -0.39 is 86.8 Å². The number of nitrogens with one attached hydrogen (secondary N) is 1. The summed E-state index contributed by atoms with van der Waals surface area (Å²) in [5.74, 6) is -0.207. The average Bonchev–Trinajstić information content (AvgIpc) is 3.23. The molecule has 12 atom stereocenters. The van der Waals surface area contributed by atoms with Crippen LogP contribution in [-0.4, -0.2) is 140 Å². The Labute approximate surface area is 355 Å². The lowest BCUT2D eigenvalue weighted by Crippen LogP contribution is -2.65. The van der Waals surface area contributed by atoms with Gasteiger partial charge in [-0.2, -0.15) is 0 Å². The number of rotatable bonds is 36. The molecule has 59 heavy (non-hydrogen) atoms. The molecule has 1 amide bonds. The largest absolute Gasteiger partial charge is 0.394 e. The third-order valence-corrected chi connectivity index (χ3v) is 12.1. The summed E-state index contributed by atoms with van der Waals surface area (Å²) in [6.45, 7) is 2.81. The molecule has 0 bridgehead atoms. The van der Waals surface area contributed by atoms with E-state index >= 15 is 0 Å². The van der Waals surface area contributed by atoms with E-state index in [1.165, 1.54) is 109 Å². The van der Waals surface area contributed by atoms with E-state index in [0.717, 1.165) is 51.4 Å². The van der Waals surface area contributed by atoms with Gasteiger partial charge in [0.2, 0.25) is 5.91 Å². The summed E-state index contributed by atoms with van der Waals surface area (Å²) in [7, 11) is 0. The molecule has 350 valence electrons. The van der Waals surface area contributed by atoms with Crippen LogP contribution in [0.15, 0.2) is 0 Å². The molecule has 0 radical (unpaired) electrons. The quantitative estimate of drug-likeness (QED) is 0.0377. The lowest BCUT2D eigenvalue weighted by Gasteiger charge is -2.46. The molecule has 2 aliphatic heterocycles. The van der Waals surface area contributed by atoms with Crippen LogP contribution in [0.1, 0.15) is 187 Å². The molecule has 0 aliphatic carbocycles. The summed E-state index contributed by atoms with van der Waals surface area (Å²) >= 11 is 0. The van der Waals surface area contributed by atoms with Crippen LogP contribution in [0.25, 0.3) is 0 Å². The van der Waals surface area contributed by atoms with Crippen molar-refractivity contribution in [1.29, 1.82) is 0 Å². The van der Waals surface area contributed by atoms with E-state index in [4.69, 9.17) is 18.9 Å². The average molecular weight is 850 g/mol. The highest BCUT2D eigenvalue weighted by molar-refractivity contribution is 5.76. The zero-order valence-corrected chi connectivity index (χ0v) is 36.8. The summed E-state index contributed by atoms with van der Waals surface area (Å²) in [5, 5.41) is 86.5. The maximum absolute atomic E-state index is 13.1. The molecule has 2 heterocycles. The van der Waals surface area contributed by atoms with Gasteiger partial charge >= 0.3 is 0 Å². The maximum Gasteiger partial charge on any atom is 0.220 e. The highest BCUT2D eigenvalue weighted by Gasteiger charge is 2.51.